The molecular weight excluding hydrogens is 264 g/mol. The summed E-state index contributed by atoms with van der Waals surface area (Å²) in [6.07, 6.45) is 0. The van der Waals surface area contributed by atoms with Gasteiger partial charge in [0.1, 0.15) is 5.75 Å². The molecule has 0 spiro atoms. The zero-order chi connectivity index (χ0) is 14.5. The van der Waals surface area contributed by atoms with Gasteiger partial charge in [-0.15, -0.1) is 0 Å². The number of hydrogen-bond acceptors (Lipinski definition) is 5. The summed E-state index contributed by atoms with van der Waals surface area (Å²) >= 11 is 0. The molecule has 1 aliphatic heterocycles. The van der Waals surface area contributed by atoms with Gasteiger partial charge in [0.2, 0.25) is 6.79 Å². The van der Waals surface area contributed by atoms with Crippen LogP contribution in [-0.2, 0) is 4.79 Å². The second-order valence-corrected chi connectivity index (χ2v) is 4.48. The number of carbonyl (C=O) groups excluding carboxylic acids is 2. The highest BCUT2D eigenvalue weighted by Crippen LogP contribution is 2.34. The van der Waals surface area contributed by atoms with E-state index in [-0.39, 0.29) is 19.4 Å². The Hall–Kier alpha value is -2.44. The quantitative estimate of drug-likeness (QED) is 0.860. The molecule has 0 aliphatic carbocycles. The van der Waals surface area contributed by atoms with Gasteiger partial charge in [-0.2, -0.15) is 0 Å². The molecule has 0 fully saturated rings. The Kier molecular flexibility index (Phi) is 4.29. The topological polar surface area (TPSA) is 85.9 Å². The van der Waals surface area contributed by atoms with Crippen LogP contribution in [0.1, 0.15) is 13.8 Å². The van der Waals surface area contributed by atoms with Gasteiger partial charge < -0.3 is 19.5 Å². The standard InChI is InChI=1S/C13H16N2O5/c1-8(2)14-13(17)15-12(16)6-18-9-3-4-10-11(5-9)20-7-19-10/h3-5,8H,6-7H2,1-2H3,(H2,14,15,16,17). The summed E-state index contributed by atoms with van der Waals surface area (Å²) in [4.78, 5) is 22.8. The molecule has 0 saturated carbocycles. The third kappa shape index (κ3) is 3.78. The first-order valence-corrected chi connectivity index (χ1v) is 6.17. The number of rotatable bonds is 4. The van der Waals surface area contributed by atoms with Gasteiger partial charge in [-0.05, 0) is 26.0 Å². The van der Waals surface area contributed by atoms with Crippen LogP contribution < -0.4 is 24.8 Å². The minimum atomic E-state index is -0.542. The van der Waals surface area contributed by atoms with Crippen LogP contribution in [0.25, 0.3) is 0 Å². The highest BCUT2D eigenvalue weighted by molar-refractivity contribution is 5.95. The van der Waals surface area contributed by atoms with Crippen molar-refractivity contribution in [3.63, 3.8) is 0 Å². The molecule has 3 amide bonds. The van der Waals surface area contributed by atoms with Gasteiger partial charge in [0.25, 0.3) is 5.91 Å². The summed E-state index contributed by atoms with van der Waals surface area (Å²) in [6, 6.07) is 4.40. The lowest BCUT2D eigenvalue weighted by atomic mass is 10.3. The summed E-state index contributed by atoms with van der Waals surface area (Å²) < 4.78 is 15.6. The maximum Gasteiger partial charge on any atom is 0.321 e. The average molecular weight is 280 g/mol. The monoisotopic (exact) mass is 280 g/mol. The van der Waals surface area contributed by atoms with Crippen LogP contribution in [0.3, 0.4) is 0 Å². The van der Waals surface area contributed by atoms with E-state index in [1.54, 1.807) is 32.0 Å². The molecule has 0 bridgehead atoms. The molecule has 1 aromatic rings. The predicted molar refractivity (Wildman–Crippen MR) is 69.9 cm³/mol. The number of imide groups is 1. The number of carbonyl (C=O) groups is 2. The summed E-state index contributed by atoms with van der Waals surface area (Å²) in [7, 11) is 0. The van der Waals surface area contributed by atoms with Crippen molar-refractivity contribution < 1.29 is 23.8 Å². The fourth-order valence-corrected chi connectivity index (χ4v) is 1.58. The highest BCUT2D eigenvalue weighted by Gasteiger charge is 2.14. The molecule has 7 nitrogen and oxygen atoms in total. The molecule has 0 unspecified atom stereocenters. The Labute approximate surface area is 116 Å². The predicted octanol–water partition coefficient (Wildman–Crippen LogP) is 1.03. The number of benzene rings is 1. The Morgan fingerprint density at radius 3 is 2.80 bits per heavy atom. The number of hydrogen-bond donors (Lipinski definition) is 2. The lowest BCUT2D eigenvalue weighted by Crippen LogP contribution is -2.44. The first-order valence-electron chi connectivity index (χ1n) is 6.17. The van der Waals surface area contributed by atoms with Crippen molar-refractivity contribution in [1.29, 1.82) is 0 Å². The van der Waals surface area contributed by atoms with Crippen LogP contribution in [0.15, 0.2) is 18.2 Å². The van der Waals surface area contributed by atoms with Crippen LogP contribution in [0.5, 0.6) is 17.2 Å². The largest absolute Gasteiger partial charge is 0.484 e. The van der Waals surface area contributed by atoms with E-state index in [1.165, 1.54) is 0 Å². The van der Waals surface area contributed by atoms with Crippen molar-refractivity contribution >= 4 is 11.9 Å². The first-order chi connectivity index (χ1) is 9.54. The van der Waals surface area contributed by atoms with E-state index >= 15 is 0 Å². The first kappa shape index (κ1) is 14.0. The van der Waals surface area contributed by atoms with Gasteiger partial charge >= 0.3 is 6.03 Å². The van der Waals surface area contributed by atoms with Gasteiger partial charge in [-0.25, -0.2) is 4.79 Å². The minimum Gasteiger partial charge on any atom is -0.484 e. The van der Waals surface area contributed by atoms with Gasteiger partial charge in [0.05, 0.1) is 0 Å². The normalized spacial score (nSPS) is 12.2. The van der Waals surface area contributed by atoms with Crippen LogP contribution in [0.2, 0.25) is 0 Å². The second-order valence-electron chi connectivity index (χ2n) is 4.48. The van der Waals surface area contributed by atoms with E-state index < -0.39 is 11.9 Å². The molecule has 2 rings (SSSR count). The number of nitrogens with one attached hydrogen (secondary N) is 2. The van der Waals surface area contributed by atoms with Gasteiger partial charge in [-0.1, -0.05) is 0 Å². The summed E-state index contributed by atoms with van der Waals surface area (Å²) in [5.74, 6) is 1.15. The number of amides is 3. The van der Waals surface area contributed by atoms with E-state index in [0.29, 0.717) is 17.2 Å². The maximum atomic E-state index is 11.5. The van der Waals surface area contributed by atoms with Crippen molar-refractivity contribution in [1.82, 2.24) is 10.6 Å². The Morgan fingerprint density at radius 1 is 1.30 bits per heavy atom. The van der Waals surface area contributed by atoms with Gasteiger partial charge in [0, 0.05) is 12.1 Å². The van der Waals surface area contributed by atoms with Crippen molar-refractivity contribution in [3.8, 4) is 17.2 Å². The van der Waals surface area contributed by atoms with E-state index in [2.05, 4.69) is 10.6 Å². The second kappa shape index (κ2) is 6.14. The lowest BCUT2D eigenvalue weighted by molar-refractivity contribution is -0.122. The summed E-state index contributed by atoms with van der Waals surface area (Å²) in [5.41, 5.74) is 0. The zero-order valence-electron chi connectivity index (χ0n) is 11.3. The number of fused-ring (bicyclic) bond motifs is 1. The van der Waals surface area contributed by atoms with Crippen molar-refractivity contribution in [2.45, 2.75) is 19.9 Å². The molecule has 0 saturated heterocycles. The fraction of sp³-hybridized carbons (Fsp3) is 0.385. The molecule has 20 heavy (non-hydrogen) atoms. The molecule has 108 valence electrons. The van der Waals surface area contributed by atoms with Crippen molar-refractivity contribution in [2.75, 3.05) is 13.4 Å². The van der Waals surface area contributed by atoms with E-state index in [1.807, 2.05) is 0 Å². The molecular formula is C13H16N2O5. The number of ether oxygens (including phenoxy) is 3. The smallest absolute Gasteiger partial charge is 0.321 e. The van der Waals surface area contributed by atoms with Crippen molar-refractivity contribution in [2.24, 2.45) is 0 Å². The van der Waals surface area contributed by atoms with E-state index in [9.17, 15) is 9.59 Å². The van der Waals surface area contributed by atoms with E-state index in [4.69, 9.17) is 14.2 Å². The molecule has 1 heterocycles. The summed E-state index contributed by atoms with van der Waals surface area (Å²) in [5, 5.41) is 4.71. The lowest BCUT2D eigenvalue weighted by Gasteiger charge is -2.10. The molecule has 1 aromatic carbocycles. The van der Waals surface area contributed by atoms with Crippen LogP contribution in [0, 0.1) is 0 Å². The number of urea groups is 1. The molecule has 0 atom stereocenters. The highest BCUT2D eigenvalue weighted by atomic mass is 16.7. The molecule has 1 aliphatic rings. The van der Waals surface area contributed by atoms with Gasteiger partial charge in [0.15, 0.2) is 18.1 Å². The zero-order valence-corrected chi connectivity index (χ0v) is 11.3. The van der Waals surface area contributed by atoms with Crippen LogP contribution in [-0.4, -0.2) is 31.4 Å². The molecule has 7 heteroatoms. The maximum absolute atomic E-state index is 11.5. The Bertz CT molecular complexity index is 515. The van der Waals surface area contributed by atoms with Crippen LogP contribution >= 0.6 is 0 Å². The third-order valence-electron chi connectivity index (χ3n) is 2.39. The Balaban J connectivity index is 1.80. The van der Waals surface area contributed by atoms with Gasteiger partial charge in [-0.3, -0.25) is 10.1 Å². The van der Waals surface area contributed by atoms with Crippen LogP contribution in [0.4, 0.5) is 4.79 Å². The SMILES string of the molecule is CC(C)NC(=O)NC(=O)COc1ccc2c(c1)OCO2. The third-order valence-corrected chi connectivity index (χ3v) is 2.39. The van der Waals surface area contributed by atoms with E-state index in [0.717, 1.165) is 0 Å². The summed E-state index contributed by atoms with van der Waals surface area (Å²) in [6.45, 7) is 3.51. The molecule has 0 radical (unpaired) electrons. The fourth-order valence-electron chi connectivity index (χ4n) is 1.58. The van der Waals surface area contributed by atoms with Crippen molar-refractivity contribution in [3.05, 3.63) is 18.2 Å². The molecule has 2 N–H and O–H groups in total. The molecule has 0 aromatic heterocycles. The minimum absolute atomic E-state index is 0.0439. The Morgan fingerprint density at radius 2 is 2.05 bits per heavy atom. The average Bonchev–Trinajstić information content (AvgIpc) is 2.82.